The number of carbonyl (C=O) groups excluding carboxylic acids is 1. The Bertz CT molecular complexity index is 284. The smallest absolute Gasteiger partial charge is 0.119 e. The summed E-state index contributed by atoms with van der Waals surface area (Å²) in [5, 5.41) is 9.03. The Hall–Kier alpha value is -0.410. The number of aliphatic hydroxyl groups is 1. The van der Waals surface area contributed by atoms with Crippen LogP contribution in [0.5, 0.6) is 0 Å². The monoisotopic (exact) mass is 383 g/mol. The third-order valence-electron chi connectivity index (χ3n) is 5.51. The van der Waals surface area contributed by atoms with Crippen molar-refractivity contribution in [3.8, 4) is 0 Å². The second-order valence-corrected chi connectivity index (χ2v) is 8.18. The number of aliphatic hydroxyl groups excluding tert-OH is 1. The molecule has 0 spiro atoms. The number of aldehydes is 1. The van der Waals surface area contributed by atoms with Crippen LogP contribution >= 0.6 is 0 Å². The van der Waals surface area contributed by atoms with E-state index in [0.717, 1.165) is 38.5 Å². The first-order chi connectivity index (χ1) is 13.3. The van der Waals surface area contributed by atoms with Gasteiger partial charge in [0.15, 0.2) is 0 Å². The average molecular weight is 384 g/mol. The second-order valence-electron chi connectivity index (χ2n) is 8.18. The van der Waals surface area contributed by atoms with E-state index in [2.05, 4.69) is 11.8 Å². The van der Waals surface area contributed by atoms with Gasteiger partial charge < -0.3 is 14.8 Å². The maximum Gasteiger partial charge on any atom is 0.119 e. The van der Waals surface area contributed by atoms with E-state index < -0.39 is 0 Å². The Labute approximate surface area is 170 Å². The summed E-state index contributed by atoms with van der Waals surface area (Å²) in [7, 11) is 0. The molecule has 0 fully saturated rings. The summed E-state index contributed by atoms with van der Waals surface area (Å²) in [6, 6.07) is 0. The number of hydrogen-bond donors (Lipinski definition) is 1. The van der Waals surface area contributed by atoms with E-state index in [1.807, 2.05) is 0 Å². The average Bonchev–Trinajstić information content (AvgIpc) is 2.68. The summed E-state index contributed by atoms with van der Waals surface area (Å²) < 4.78 is 0. The molecule has 0 heterocycles. The van der Waals surface area contributed by atoms with Crippen molar-refractivity contribution in [1.82, 2.24) is 4.90 Å². The van der Waals surface area contributed by atoms with Gasteiger partial charge in [-0.25, -0.2) is 0 Å². The molecule has 3 heteroatoms. The molecule has 0 atom stereocenters. The Morgan fingerprint density at radius 3 is 1.44 bits per heavy atom. The van der Waals surface area contributed by atoms with E-state index in [0.29, 0.717) is 6.61 Å². The lowest BCUT2D eigenvalue weighted by atomic mass is 10.1. The highest BCUT2D eigenvalue weighted by Gasteiger charge is 2.04. The topological polar surface area (TPSA) is 40.5 Å². The van der Waals surface area contributed by atoms with Gasteiger partial charge in [0.25, 0.3) is 0 Å². The highest BCUT2D eigenvalue weighted by molar-refractivity contribution is 5.48. The molecule has 0 aliphatic rings. The predicted octanol–water partition coefficient (Wildman–Crippen LogP) is 6.52. The SMILES string of the molecule is CCCCCCCCCCN(CCCCO)CCCCCCCCCC=O. The van der Waals surface area contributed by atoms with Gasteiger partial charge in [-0.3, -0.25) is 0 Å². The van der Waals surface area contributed by atoms with E-state index >= 15 is 0 Å². The standard InChI is InChI=1S/C24H49NO2/c1-2-3-4-5-6-9-12-15-20-25(22-17-19-24-27)21-16-13-10-7-8-11-14-18-23-26/h23,27H,2-22,24H2,1H3. The van der Waals surface area contributed by atoms with Gasteiger partial charge in [0, 0.05) is 13.0 Å². The molecule has 27 heavy (non-hydrogen) atoms. The van der Waals surface area contributed by atoms with Crippen molar-refractivity contribution in [2.24, 2.45) is 0 Å². The molecule has 0 unspecified atom stereocenters. The lowest BCUT2D eigenvalue weighted by Crippen LogP contribution is -2.27. The molecule has 0 rings (SSSR count). The molecule has 0 saturated carbocycles. The number of hydrogen-bond acceptors (Lipinski definition) is 3. The van der Waals surface area contributed by atoms with Gasteiger partial charge in [-0.2, -0.15) is 0 Å². The molecular weight excluding hydrogens is 334 g/mol. The molecule has 0 aromatic heterocycles. The van der Waals surface area contributed by atoms with Crippen LogP contribution in [0.15, 0.2) is 0 Å². The van der Waals surface area contributed by atoms with Gasteiger partial charge in [-0.1, -0.05) is 84.0 Å². The van der Waals surface area contributed by atoms with Crippen LogP contribution in [0.4, 0.5) is 0 Å². The highest BCUT2D eigenvalue weighted by Crippen LogP contribution is 2.11. The zero-order valence-electron chi connectivity index (χ0n) is 18.4. The quantitative estimate of drug-likeness (QED) is 0.161. The van der Waals surface area contributed by atoms with Crippen molar-refractivity contribution in [2.75, 3.05) is 26.2 Å². The van der Waals surface area contributed by atoms with Gasteiger partial charge in [-0.15, -0.1) is 0 Å². The van der Waals surface area contributed by atoms with Crippen LogP contribution < -0.4 is 0 Å². The third kappa shape index (κ3) is 21.7. The summed E-state index contributed by atoms with van der Waals surface area (Å²) in [6.45, 7) is 6.24. The molecular formula is C24H49NO2. The molecule has 162 valence electrons. The van der Waals surface area contributed by atoms with E-state index in [4.69, 9.17) is 5.11 Å². The van der Waals surface area contributed by atoms with Crippen molar-refractivity contribution in [3.63, 3.8) is 0 Å². The van der Waals surface area contributed by atoms with Crippen LogP contribution in [0.2, 0.25) is 0 Å². The van der Waals surface area contributed by atoms with Crippen molar-refractivity contribution in [2.45, 2.75) is 122 Å². The number of carbonyl (C=O) groups is 1. The minimum Gasteiger partial charge on any atom is -0.396 e. The zero-order chi connectivity index (χ0) is 19.8. The van der Waals surface area contributed by atoms with Gasteiger partial charge in [-0.05, 0) is 51.7 Å². The van der Waals surface area contributed by atoms with E-state index in [9.17, 15) is 4.79 Å². The molecule has 1 N–H and O–H groups in total. The fourth-order valence-corrected chi connectivity index (χ4v) is 3.70. The molecule has 0 bridgehead atoms. The first-order valence-electron chi connectivity index (χ1n) is 12.1. The Balaban J connectivity index is 3.64. The summed E-state index contributed by atoms with van der Waals surface area (Å²) in [4.78, 5) is 12.9. The molecule has 0 saturated heterocycles. The van der Waals surface area contributed by atoms with Gasteiger partial charge in [0.1, 0.15) is 6.29 Å². The third-order valence-corrected chi connectivity index (χ3v) is 5.51. The van der Waals surface area contributed by atoms with E-state index in [-0.39, 0.29) is 0 Å². The highest BCUT2D eigenvalue weighted by atomic mass is 16.2. The van der Waals surface area contributed by atoms with E-state index in [1.165, 1.54) is 103 Å². The fourth-order valence-electron chi connectivity index (χ4n) is 3.70. The van der Waals surface area contributed by atoms with Crippen LogP contribution in [0.1, 0.15) is 122 Å². The summed E-state index contributed by atoms with van der Waals surface area (Å²) in [5.74, 6) is 0. The second kappa shape index (κ2) is 23.6. The van der Waals surface area contributed by atoms with Crippen molar-refractivity contribution in [3.05, 3.63) is 0 Å². The summed E-state index contributed by atoms with van der Waals surface area (Å²) in [5.41, 5.74) is 0. The van der Waals surface area contributed by atoms with Crippen LogP contribution in [0.3, 0.4) is 0 Å². The van der Waals surface area contributed by atoms with Gasteiger partial charge in [0.2, 0.25) is 0 Å². The first kappa shape index (κ1) is 26.6. The van der Waals surface area contributed by atoms with Gasteiger partial charge in [0.05, 0.1) is 0 Å². The summed E-state index contributed by atoms with van der Waals surface area (Å²) >= 11 is 0. The Kier molecular flexibility index (Phi) is 23.3. The normalized spacial score (nSPS) is 11.4. The van der Waals surface area contributed by atoms with Crippen molar-refractivity contribution >= 4 is 6.29 Å². The zero-order valence-corrected chi connectivity index (χ0v) is 18.4. The molecule has 0 aromatic carbocycles. The van der Waals surface area contributed by atoms with Crippen LogP contribution in [-0.2, 0) is 4.79 Å². The van der Waals surface area contributed by atoms with E-state index in [1.54, 1.807) is 0 Å². The molecule has 3 nitrogen and oxygen atoms in total. The van der Waals surface area contributed by atoms with Crippen molar-refractivity contribution < 1.29 is 9.90 Å². The lowest BCUT2D eigenvalue weighted by Gasteiger charge is -2.22. The number of unbranched alkanes of at least 4 members (excludes halogenated alkanes) is 15. The maximum absolute atomic E-state index is 10.3. The molecule has 0 amide bonds. The fraction of sp³-hybridized carbons (Fsp3) is 0.958. The largest absolute Gasteiger partial charge is 0.396 e. The molecule has 0 aromatic rings. The lowest BCUT2D eigenvalue weighted by molar-refractivity contribution is -0.107. The van der Waals surface area contributed by atoms with Crippen LogP contribution in [-0.4, -0.2) is 42.5 Å². The predicted molar refractivity (Wildman–Crippen MR) is 118 cm³/mol. The molecule has 0 aliphatic heterocycles. The molecule has 0 radical (unpaired) electrons. The minimum absolute atomic E-state index is 0.329. The maximum atomic E-state index is 10.3. The Morgan fingerprint density at radius 2 is 1.00 bits per heavy atom. The minimum atomic E-state index is 0.329. The summed E-state index contributed by atoms with van der Waals surface area (Å²) in [6.07, 6.45) is 23.8. The molecule has 0 aliphatic carbocycles. The first-order valence-corrected chi connectivity index (χ1v) is 12.1. The number of rotatable bonds is 23. The van der Waals surface area contributed by atoms with Crippen LogP contribution in [0.25, 0.3) is 0 Å². The van der Waals surface area contributed by atoms with Crippen molar-refractivity contribution in [1.29, 1.82) is 0 Å². The number of nitrogens with zero attached hydrogens (tertiary/aromatic N) is 1. The Morgan fingerprint density at radius 1 is 0.593 bits per heavy atom. The van der Waals surface area contributed by atoms with Crippen LogP contribution in [0, 0.1) is 0 Å². The van der Waals surface area contributed by atoms with Gasteiger partial charge >= 0.3 is 0 Å².